The highest BCUT2D eigenvalue weighted by atomic mass is 35.5. The molecule has 0 spiro atoms. The molecule has 0 saturated carbocycles. The number of carbonyl (C=O) groups excluding carboxylic acids is 4. The average molecular weight is 669 g/mol. The standard InChI is InChI=1S/C33H35Cl2N5O6/c34-21-24-2-8-26(9-3-24)32(43)38-16-1-17-39(33(44)27-10-4-25(22-35)5-11-27)19-15-37-31(42)29(30(41)36-14-18-38)20-23-6-12-28(13-7-23)40(45)46/h2-13,29H,1,14-22H2,(H,36,41)(H,37,42). The molecule has 13 heteroatoms. The summed E-state index contributed by atoms with van der Waals surface area (Å²) in [4.78, 5) is 67.5. The second-order valence-electron chi connectivity index (χ2n) is 10.9. The number of hydrogen-bond donors (Lipinski definition) is 2. The van der Waals surface area contributed by atoms with Gasteiger partial charge >= 0.3 is 0 Å². The Morgan fingerprint density at radius 1 is 0.696 bits per heavy atom. The fourth-order valence-corrected chi connectivity index (χ4v) is 5.44. The van der Waals surface area contributed by atoms with E-state index in [2.05, 4.69) is 10.6 Å². The number of non-ortho nitro benzene ring substituents is 1. The zero-order valence-corrected chi connectivity index (χ0v) is 26.6. The van der Waals surface area contributed by atoms with Gasteiger partial charge in [0.25, 0.3) is 17.5 Å². The molecule has 11 nitrogen and oxygen atoms in total. The third-order valence-corrected chi connectivity index (χ3v) is 8.34. The molecular weight excluding hydrogens is 633 g/mol. The minimum Gasteiger partial charge on any atom is -0.354 e. The molecule has 0 aliphatic carbocycles. The highest BCUT2D eigenvalue weighted by Crippen LogP contribution is 2.17. The Morgan fingerprint density at radius 2 is 1.11 bits per heavy atom. The summed E-state index contributed by atoms with van der Waals surface area (Å²) in [5, 5.41) is 16.6. The molecule has 0 atom stereocenters. The number of nitro groups is 1. The Morgan fingerprint density at radius 3 is 1.50 bits per heavy atom. The summed E-state index contributed by atoms with van der Waals surface area (Å²) in [5.74, 6) is -2.08. The number of nitrogens with zero attached hydrogens (tertiary/aromatic N) is 3. The molecule has 1 aliphatic rings. The zero-order valence-electron chi connectivity index (χ0n) is 25.1. The normalized spacial score (nSPS) is 15.4. The SMILES string of the molecule is O=C1NCCN(C(=O)c2ccc(CCl)cc2)CCCN(C(=O)c2ccc(CCl)cc2)CCNC(=O)C1Cc1ccc([N+](=O)[O-])cc1. The van der Waals surface area contributed by atoms with Gasteiger partial charge in [-0.25, -0.2) is 0 Å². The van der Waals surface area contributed by atoms with Gasteiger partial charge in [0.05, 0.1) is 4.92 Å². The predicted octanol–water partition coefficient (Wildman–Crippen LogP) is 4.15. The van der Waals surface area contributed by atoms with Crippen molar-refractivity contribution in [2.75, 3.05) is 39.3 Å². The lowest BCUT2D eigenvalue weighted by Crippen LogP contribution is -2.48. The molecule has 1 fully saturated rings. The van der Waals surface area contributed by atoms with E-state index < -0.39 is 22.7 Å². The van der Waals surface area contributed by atoms with Crippen molar-refractivity contribution in [2.45, 2.75) is 24.6 Å². The van der Waals surface area contributed by atoms with E-state index in [0.717, 1.165) is 11.1 Å². The van der Waals surface area contributed by atoms with Crippen LogP contribution in [0, 0.1) is 16.0 Å². The first kappa shape index (κ1) is 34.4. The number of amides is 4. The van der Waals surface area contributed by atoms with Crippen molar-refractivity contribution in [1.29, 1.82) is 0 Å². The smallest absolute Gasteiger partial charge is 0.269 e. The van der Waals surface area contributed by atoms with Crippen LogP contribution in [0.2, 0.25) is 0 Å². The Kier molecular flexibility index (Phi) is 12.5. The minimum atomic E-state index is -1.15. The highest BCUT2D eigenvalue weighted by Gasteiger charge is 2.28. The summed E-state index contributed by atoms with van der Waals surface area (Å²) in [6.07, 6.45) is 0.461. The summed E-state index contributed by atoms with van der Waals surface area (Å²) in [5.41, 5.74) is 3.13. The van der Waals surface area contributed by atoms with Crippen LogP contribution in [0.25, 0.3) is 0 Å². The van der Waals surface area contributed by atoms with E-state index in [4.69, 9.17) is 23.2 Å². The van der Waals surface area contributed by atoms with Gasteiger partial charge in [-0.15, -0.1) is 23.2 Å². The van der Waals surface area contributed by atoms with Crippen molar-refractivity contribution in [3.63, 3.8) is 0 Å². The van der Waals surface area contributed by atoms with Gasteiger partial charge in [0.2, 0.25) is 11.8 Å². The van der Waals surface area contributed by atoms with Crippen LogP contribution in [-0.4, -0.2) is 77.6 Å². The number of alkyl halides is 2. The van der Waals surface area contributed by atoms with Crippen LogP contribution < -0.4 is 10.6 Å². The maximum Gasteiger partial charge on any atom is 0.269 e. The van der Waals surface area contributed by atoms with Gasteiger partial charge in [-0.05, 0) is 53.8 Å². The highest BCUT2D eigenvalue weighted by molar-refractivity contribution is 6.17. The van der Waals surface area contributed by atoms with Gasteiger partial charge < -0.3 is 20.4 Å². The fraction of sp³-hybridized carbons (Fsp3) is 0.333. The molecule has 0 unspecified atom stereocenters. The third-order valence-electron chi connectivity index (χ3n) is 7.72. The number of rotatable bonds is 7. The minimum absolute atomic E-state index is 0.000785. The quantitative estimate of drug-likeness (QED) is 0.168. The van der Waals surface area contributed by atoms with Crippen molar-refractivity contribution in [3.05, 3.63) is 111 Å². The molecule has 1 heterocycles. The number of halogens is 2. The van der Waals surface area contributed by atoms with Crippen LogP contribution in [-0.2, 0) is 27.8 Å². The number of nitro benzene ring substituents is 1. The van der Waals surface area contributed by atoms with Crippen LogP contribution in [0.3, 0.4) is 0 Å². The maximum absolute atomic E-state index is 13.5. The lowest BCUT2D eigenvalue weighted by atomic mass is 9.97. The molecule has 242 valence electrons. The van der Waals surface area contributed by atoms with E-state index in [9.17, 15) is 29.3 Å². The Labute approximate surface area is 277 Å². The van der Waals surface area contributed by atoms with Gasteiger partial charge in [0, 0.05) is 74.3 Å². The van der Waals surface area contributed by atoms with Crippen molar-refractivity contribution >= 4 is 52.5 Å². The van der Waals surface area contributed by atoms with Gasteiger partial charge in [0.15, 0.2) is 0 Å². The molecule has 0 aromatic heterocycles. The maximum atomic E-state index is 13.5. The van der Waals surface area contributed by atoms with E-state index in [1.807, 2.05) is 0 Å². The van der Waals surface area contributed by atoms with Gasteiger partial charge in [0.1, 0.15) is 5.92 Å². The predicted molar refractivity (Wildman–Crippen MR) is 175 cm³/mol. The first-order valence-electron chi connectivity index (χ1n) is 14.9. The van der Waals surface area contributed by atoms with Crippen LogP contribution >= 0.6 is 23.2 Å². The zero-order chi connectivity index (χ0) is 33.1. The molecule has 2 N–H and O–H groups in total. The number of hydrogen-bond acceptors (Lipinski definition) is 6. The van der Waals surface area contributed by atoms with E-state index in [1.54, 1.807) is 58.3 Å². The summed E-state index contributed by atoms with van der Waals surface area (Å²) in [6.45, 7) is 1.15. The first-order valence-corrected chi connectivity index (χ1v) is 15.9. The van der Waals surface area contributed by atoms with E-state index in [-0.39, 0.29) is 50.1 Å². The molecule has 3 aromatic rings. The lowest BCUT2D eigenvalue weighted by molar-refractivity contribution is -0.384. The van der Waals surface area contributed by atoms with Gasteiger partial charge in [-0.3, -0.25) is 29.3 Å². The Hall–Kier alpha value is -4.48. The molecule has 0 radical (unpaired) electrons. The summed E-state index contributed by atoms with van der Waals surface area (Å²) in [7, 11) is 0. The van der Waals surface area contributed by atoms with Crippen LogP contribution in [0.5, 0.6) is 0 Å². The summed E-state index contributed by atoms with van der Waals surface area (Å²) in [6, 6.07) is 19.6. The fourth-order valence-electron chi connectivity index (χ4n) is 5.09. The average Bonchev–Trinajstić information content (AvgIpc) is 3.08. The second-order valence-corrected chi connectivity index (χ2v) is 11.4. The number of nitrogens with one attached hydrogen (secondary N) is 2. The lowest BCUT2D eigenvalue weighted by Gasteiger charge is -2.28. The van der Waals surface area contributed by atoms with Crippen molar-refractivity contribution in [1.82, 2.24) is 20.4 Å². The number of carbonyl (C=O) groups is 4. The van der Waals surface area contributed by atoms with Crippen molar-refractivity contribution < 1.29 is 24.1 Å². The molecule has 4 rings (SSSR count). The van der Waals surface area contributed by atoms with Crippen LogP contribution in [0.4, 0.5) is 5.69 Å². The largest absolute Gasteiger partial charge is 0.354 e. The molecule has 0 bridgehead atoms. The van der Waals surface area contributed by atoms with E-state index in [1.165, 1.54) is 24.3 Å². The topological polar surface area (TPSA) is 142 Å². The molecule has 4 amide bonds. The molecular formula is C33H35Cl2N5O6. The van der Waals surface area contributed by atoms with E-state index >= 15 is 0 Å². The Balaban J connectivity index is 1.57. The van der Waals surface area contributed by atoms with E-state index in [0.29, 0.717) is 48.0 Å². The first-order chi connectivity index (χ1) is 22.2. The summed E-state index contributed by atoms with van der Waals surface area (Å²) >= 11 is 11.8. The molecule has 1 aliphatic heterocycles. The number of benzene rings is 3. The monoisotopic (exact) mass is 667 g/mol. The van der Waals surface area contributed by atoms with Gasteiger partial charge in [-0.1, -0.05) is 36.4 Å². The second kappa shape index (κ2) is 16.7. The molecule has 3 aromatic carbocycles. The van der Waals surface area contributed by atoms with Crippen LogP contribution in [0.1, 0.15) is 43.8 Å². The molecule has 46 heavy (non-hydrogen) atoms. The Bertz CT molecular complexity index is 1450. The summed E-state index contributed by atoms with van der Waals surface area (Å²) < 4.78 is 0. The third kappa shape index (κ3) is 9.27. The molecule has 1 saturated heterocycles. The van der Waals surface area contributed by atoms with Crippen molar-refractivity contribution in [2.24, 2.45) is 5.92 Å². The van der Waals surface area contributed by atoms with Crippen LogP contribution in [0.15, 0.2) is 72.8 Å². The van der Waals surface area contributed by atoms with Gasteiger partial charge in [-0.2, -0.15) is 0 Å². The van der Waals surface area contributed by atoms with Crippen molar-refractivity contribution in [3.8, 4) is 0 Å².